The fourth-order valence-electron chi connectivity index (χ4n) is 9.71. The molecule has 0 N–H and O–H groups in total. The minimum atomic E-state index is 0.0610. The number of rotatable bonds is 7. The van der Waals surface area contributed by atoms with Crippen molar-refractivity contribution in [2.75, 3.05) is 4.90 Å². The SMILES string of the molecule is CC(C)(C)c1ccc(N(c2ccc(-c3ccc4c(c3)c3ccccc3n4-c3ccccc3)cc2)c2ccc(-c3ccc4c(c3)c3ccccc3n4-c3ccc(C(C)(C)C)cc3)cc2)cc1. The topological polar surface area (TPSA) is 13.1 Å². The molecule has 0 fully saturated rings. The number of anilines is 3. The highest BCUT2D eigenvalue weighted by Gasteiger charge is 2.20. The molecule has 0 bridgehead atoms. The van der Waals surface area contributed by atoms with Gasteiger partial charge in [0.05, 0.1) is 22.1 Å². The van der Waals surface area contributed by atoms with E-state index in [2.05, 4.69) is 268 Å². The molecule has 0 aliphatic carbocycles. The van der Waals surface area contributed by atoms with Crippen molar-refractivity contribution in [1.82, 2.24) is 9.13 Å². The van der Waals surface area contributed by atoms with E-state index in [1.165, 1.54) is 88.4 Å². The lowest BCUT2D eigenvalue weighted by Gasteiger charge is -2.27. The summed E-state index contributed by atoms with van der Waals surface area (Å²) in [5.41, 5.74) is 18.1. The van der Waals surface area contributed by atoms with Crippen LogP contribution >= 0.6 is 0 Å². The van der Waals surface area contributed by atoms with E-state index in [0.29, 0.717) is 0 Å². The molecule has 2 heterocycles. The predicted octanol–water partition coefficient (Wildman–Crippen LogP) is 17.3. The van der Waals surface area contributed by atoms with E-state index in [1.807, 2.05) is 0 Å². The van der Waals surface area contributed by atoms with Gasteiger partial charge in [-0.3, -0.25) is 0 Å². The molecule has 65 heavy (non-hydrogen) atoms. The zero-order valence-corrected chi connectivity index (χ0v) is 38.0. The minimum absolute atomic E-state index is 0.0610. The molecular formula is C62H53N3. The van der Waals surface area contributed by atoms with Gasteiger partial charge in [-0.25, -0.2) is 0 Å². The third kappa shape index (κ3) is 7.18. The number of fused-ring (bicyclic) bond motifs is 6. The van der Waals surface area contributed by atoms with Crippen molar-refractivity contribution in [3.05, 3.63) is 223 Å². The zero-order valence-electron chi connectivity index (χ0n) is 38.0. The van der Waals surface area contributed by atoms with E-state index >= 15 is 0 Å². The summed E-state index contributed by atoms with van der Waals surface area (Å²) in [7, 11) is 0. The normalized spacial score (nSPS) is 12.2. The maximum absolute atomic E-state index is 2.40. The van der Waals surface area contributed by atoms with Crippen LogP contribution in [0.1, 0.15) is 52.7 Å². The Bertz CT molecular complexity index is 3500. The number of benzene rings is 9. The van der Waals surface area contributed by atoms with Gasteiger partial charge in [0, 0.05) is 50.0 Å². The molecule has 3 nitrogen and oxygen atoms in total. The zero-order chi connectivity index (χ0) is 44.5. The summed E-state index contributed by atoms with van der Waals surface area (Å²) in [5.74, 6) is 0. The average molecular weight is 840 g/mol. The third-order valence-electron chi connectivity index (χ3n) is 13.3. The molecule has 0 aliphatic rings. The first-order valence-electron chi connectivity index (χ1n) is 22.8. The molecule has 9 aromatic carbocycles. The maximum atomic E-state index is 2.40. The highest BCUT2D eigenvalue weighted by molar-refractivity contribution is 6.11. The van der Waals surface area contributed by atoms with Gasteiger partial charge in [-0.15, -0.1) is 0 Å². The number of hydrogen-bond acceptors (Lipinski definition) is 1. The Morgan fingerprint density at radius 2 is 0.631 bits per heavy atom. The van der Waals surface area contributed by atoms with Gasteiger partial charge >= 0.3 is 0 Å². The van der Waals surface area contributed by atoms with E-state index in [-0.39, 0.29) is 10.8 Å². The van der Waals surface area contributed by atoms with Crippen molar-refractivity contribution in [3.63, 3.8) is 0 Å². The van der Waals surface area contributed by atoms with Crippen LogP contribution in [0.4, 0.5) is 17.1 Å². The first-order valence-corrected chi connectivity index (χ1v) is 22.8. The lowest BCUT2D eigenvalue weighted by atomic mass is 9.87. The second kappa shape index (κ2) is 15.6. The molecule has 3 heteroatoms. The van der Waals surface area contributed by atoms with Crippen LogP contribution in [-0.2, 0) is 10.8 Å². The molecule has 2 aromatic heterocycles. The highest BCUT2D eigenvalue weighted by Crippen LogP contribution is 2.41. The lowest BCUT2D eigenvalue weighted by Crippen LogP contribution is -2.13. The summed E-state index contributed by atoms with van der Waals surface area (Å²) in [6, 6.07) is 78.3. The van der Waals surface area contributed by atoms with Gasteiger partial charge < -0.3 is 14.0 Å². The van der Waals surface area contributed by atoms with Crippen LogP contribution in [0.3, 0.4) is 0 Å². The molecule has 316 valence electrons. The minimum Gasteiger partial charge on any atom is -0.311 e. The third-order valence-corrected chi connectivity index (χ3v) is 13.3. The summed E-state index contributed by atoms with van der Waals surface area (Å²) in [6.45, 7) is 13.6. The van der Waals surface area contributed by atoms with Crippen LogP contribution in [0.15, 0.2) is 212 Å². The summed E-state index contributed by atoms with van der Waals surface area (Å²) in [6.07, 6.45) is 0. The van der Waals surface area contributed by atoms with Crippen LogP contribution in [0.2, 0.25) is 0 Å². The molecule has 0 atom stereocenters. The van der Waals surface area contributed by atoms with E-state index < -0.39 is 0 Å². The van der Waals surface area contributed by atoms with E-state index in [0.717, 1.165) is 17.1 Å². The maximum Gasteiger partial charge on any atom is 0.0541 e. The number of para-hydroxylation sites is 3. The van der Waals surface area contributed by atoms with Crippen LogP contribution < -0.4 is 4.90 Å². The average Bonchev–Trinajstić information content (AvgIpc) is 3.84. The van der Waals surface area contributed by atoms with Crippen molar-refractivity contribution in [2.45, 2.75) is 52.4 Å². The second-order valence-electron chi connectivity index (χ2n) is 19.5. The van der Waals surface area contributed by atoms with Gasteiger partial charge in [-0.1, -0.05) is 157 Å². The molecule has 11 aromatic rings. The first kappa shape index (κ1) is 40.2. The molecule has 0 spiro atoms. The molecule has 0 saturated heterocycles. The summed E-state index contributed by atoms with van der Waals surface area (Å²) < 4.78 is 4.78. The monoisotopic (exact) mass is 839 g/mol. The second-order valence-corrected chi connectivity index (χ2v) is 19.5. The lowest BCUT2D eigenvalue weighted by molar-refractivity contribution is 0.590. The summed E-state index contributed by atoms with van der Waals surface area (Å²) in [5, 5.41) is 5.02. The van der Waals surface area contributed by atoms with E-state index in [9.17, 15) is 0 Å². The number of aromatic nitrogens is 2. The summed E-state index contributed by atoms with van der Waals surface area (Å²) >= 11 is 0. The van der Waals surface area contributed by atoms with Gasteiger partial charge in [0.25, 0.3) is 0 Å². The van der Waals surface area contributed by atoms with Crippen molar-refractivity contribution in [3.8, 4) is 33.6 Å². The Balaban J connectivity index is 0.952. The molecule has 0 saturated carbocycles. The van der Waals surface area contributed by atoms with Gasteiger partial charge in [0.15, 0.2) is 0 Å². The van der Waals surface area contributed by atoms with Crippen molar-refractivity contribution in [2.24, 2.45) is 0 Å². The fourth-order valence-corrected chi connectivity index (χ4v) is 9.71. The number of nitrogens with zero attached hydrogens (tertiary/aromatic N) is 3. The quantitative estimate of drug-likeness (QED) is 0.156. The standard InChI is InChI=1S/C62H53N3/c1-61(2,3)46-26-34-51(35-27-46)63(49-30-20-42(21-31-49)44-24-38-59-55(40-44)53-16-10-12-18-57(53)64(59)48-14-8-7-9-15-48)50-32-22-43(23-33-50)45-25-39-60-56(41-45)54-17-11-13-19-58(54)65(60)52-36-28-47(29-37-52)62(4,5)6/h7-41H,1-6H3. The number of hydrogen-bond donors (Lipinski definition) is 0. The molecule has 0 radical (unpaired) electrons. The molecule has 11 rings (SSSR count). The van der Waals surface area contributed by atoms with Crippen molar-refractivity contribution < 1.29 is 0 Å². The molecule has 0 amide bonds. The Hall–Kier alpha value is -7.62. The van der Waals surface area contributed by atoms with Crippen LogP contribution in [0.25, 0.3) is 77.2 Å². The fraction of sp³-hybridized carbons (Fsp3) is 0.129. The van der Waals surface area contributed by atoms with Gasteiger partial charge in [0.1, 0.15) is 0 Å². The van der Waals surface area contributed by atoms with Crippen LogP contribution in [0, 0.1) is 0 Å². The van der Waals surface area contributed by atoms with Crippen molar-refractivity contribution >= 4 is 60.7 Å². The van der Waals surface area contributed by atoms with Crippen LogP contribution in [-0.4, -0.2) is 9.13 Å². The van der Waals surface area contributed by atoms with E-state index in [4.69, 9.17) is 0 Å². The van der Waals surface area contributed by atoms with Crippen LogP contribution in [0.5, 0.6) is 0 Å². The Morgan fingerprint density at radius 1 is 0.292 bits per heavy atom. The first-order chi connectivity index (χ1) is 31.5. The van der Waals surface area contributed by atoms with E-state index in [1.54, 1.807) is 0 Å². The largest absolute Gasteiger partial charge is 0.311 e. The summed E-state index contributed by atoms with van der Waals surface area (Å²) in [4.78, 5) is 2.37. The van der Waals surface area contributed by atoms with Crippen molar-refractivity contribution in [1.29, 1.82) is 0 Å². The Morgan fingerprint density at radius 3 is 1.06 bits per heavy atom. The van der Waals surface area contributed by atoms with Gasteiger partial charge in [-0.05, 0) is 141 Å². The Kier molecular flexibility index (Phi) is 9.62. The molecule has 0 unspecified atom stereocenters. The predicted molar refractivity (Wildman–Crippen MR) is 278 cm³/mol. The Labute approximate surface area is 382 Å². The highest BCUT2D eigenvalue weighted by atomic mass is 15.1. The molecule has 0 aliphatic heterocycles. The van der Waals surface area contributed by atoms with Gasteiger partial charge in [-0.2, -0.15) is 0 Å². The molecular weight excluding hydrogens is 787 g/mol. The smallest absolute Gasteiger partial charge is 0.0541 e. The van der Waals surface area contributed by atoms with Gasteiger partial charge in [0.2, 0.25) is 0 Å².